The number of rotatable bonds is 0. The molecule has 0 N–H and O–H groups in total. The first-order valence-electron chi connectivity index (χ1n) is 3.40. The predicted molar refractivity (Wildman–Crippen MR) is 51.9 cm³/mol. The summed E-state index contributed by atoms with van der Waals surface area (Å²) in [7, 11) is 0. The zero-order valence-electron chi connectivity index (χ0n) is 6.07. The monoisotopic (exact) mass is 199 g/mol. The fourth-order valence-electron chi connectivity index (χ4n) is 1.03. The molecule has 2 rings (SSSR count). The van der Waals surface area contributed by atoms with Crippen molar-refractivity contribution < 1.29 is 4.84 Å². The van der Waals surface area contributed by atoms with Crippen LogP contribution in [0.25, 0.3) is 6.08 Å². The van der Waals surface area contributed by atoms with E-state index in [0.29, 0.717) is 5.02 Å². The van der Waals surface area contributed by atoms with E-state index in [1.807, 2.05) is 24.3 Å². The van der Waals surface area contributed by atoms with Crippen molar-refractivity contribution in [3.05, 3.63) is 35.0 Å². The molecule has 0 fully saturated rings. The van der Waals surface area contributed by atoms with Crippen LogP contribution in [0, 0.1) is 0 Å². The highest BCUT2D eigenvalue weighted by atomic mass is 35.5. The van der Waals surface area contributed by atoms with E-state index in [2.05, 4.69) is 12.8 Å². The third kappa shape index (κ3) is 1.26. The van der Waals surface area contributed by atoms with Gasteiger partial charge in [-0.3, -0.25) is 0 Å². The average Bonchev–Trinajstić information content (AvgIpc) is 2.04. The Balaban J connectivity index is 2.53. The first kappa shape index (κ1) is 7.83. The highest BCUT2D eigenvalue weighted by molar-refractivity contribution is 7.77. The van der Waals surface area contributed by atoms with Crippen molar-refractivity contribution in [3.8, 4) is 5.75 Å². The van der Waals surface area contributed by atoms with E-state index in [-0.39, 0.29) is 0 Å². The molecule has 0 aromatic heterocycles. The van der Waals surface area contributed by atoms with Gasteiger partial charge in [0.25, 0.3) is 0 Å². The molecular weight excluding hydrogens is 194 g/mol. The van der Waals surface area contributed by atoms with E-state index < -0.39 is 0 Å². The zero-order valence-corrected chi connectivity index (χ0v) is 7.72. The number of benzene rings is 1. The molecule has 4 heteroatoms. The molecule has 1 aromatic carbocycles. The summed E-state index contributed by atoms with van der Waals surface area (Å²) >= 11 is 9.92. The number of thiol groups is 1. The van der Waals surface area contributed by atoms with Crippen LogP contribution in [0.15, 0.2) is 24.4 Å². The van der Waals surface area contributed by atoms with E-state index in [1.54, 1.807) is 6.20 Å². The van der Waals surface area contributed by atoms with Crippen molar-refractivity contribution >= 4 is 30.5 Å². The Morgan fingerprint density at radius 2 is 2.25 bits per heavy atom. The fraction of sp³-hybridized carbons (Fsp3) is 0. The Hall–Kier alpha value is -0.800. The van der Waals surface area contributed by atoms with E-state index >= 15 is 0 Å². The lowest BCUT2D eigenvalue weighted by molar-refractivity contribution is 0.103. The van der Waals surface area contributed by atoms with Gasteiger partial charge in [0.2, 0.25) is 0 Å². The topological polar surface area (TPSA) is 12.5 Å². The second-order valence-electron chi connectivity index (χ2n) is 2.36. The molecule has 1 aromatic rings. The number of fused-ring (bicyclic) bond motifs is 1. The summed E-state index contributed by atoms with van der Waals surface area (Å²) in [6.07, 6.45) is 3.55. The number of nitrogens with zero attached hydrogens (tertiary/aromatic N) is 1. The Morgan fingerprint density at radius 1 is 1.42 bits per heavy atom. The molecule has 1 heterocycles. The molecule has 12 heavy (non-hydrogen) atoms. The summed E-state index contributed by atoms with van der Waals surface area (Å²) in [4.78, 5) is 5.24. The molecule has 62 valence electrons. The smallest absolute Gasteiger partial charge is 0.165 e. The van der Waals surface area contributed by atoms with Crippen molar-refractivity contribution in [2.24, 2.45) is 0 Å². The number of halogens is 1. The van der Waals surface area contributed by atoms with E-state index in [4.69, 9.17) is 16.4 Å². The highest BCUT2D eigenvalue weighted by Crippen LogP contribution is 2.31. The average molecular weight is 200 g/mol. The van der Waals surface area contributed by atoms with Crippen LogP contribution >= 0.6 is 24.4 Å². The van der Waals surface area contributed by atoms with Crippen LogP contribution < -0.4 is 4.84 Å². The van der Waals surface area contributed by atoms with Gasteiger partial charge in [-0.1, -0.05) is 17.7 Å². The summed E-state index contributed by atoms with van der Waals surface area (Å²) in [5.74, 6) is 0.722. The molecule has 0 saturated heterocycles. The SMILES string of the molecule is SN1C=Cc2c(Cl)cccc2O1. The highest BCUT2D eigenvalue weighted by Gasteiger charge is 2.11. The molecule has 2 nitrogen and oxygen atoms in total. The zero-order chi connectivity index (χ0) is 8.55. The van der Waals surface area contributed by atoms with Crippen molar-refractivity contribution in [3.63, 3.8) is 0 Å². The lowest BCUT2D eigenvalue weighted by Gasteiger charge is -2.19. The van der Waals surface area contributed by atoms with Crippen molar-refractivity contribution in [1.29, 1.82) is 0 Å². The first-order valence-corrected chi connectivity index (χ1v) is 4.18. The van der Waals surface area contributed by atoms with Gasteiger partial charge in [-0.25, -0.2) is 0 Å². The van der Waals surface area contributed by atoms with Crippen LogP contribution in [-0.2, 0) is 0 Å². The Kier molecular flexibility index (Phi) is 1.90. The lowest BCUT2D eigenvalue weighted by Crippen LogP contribution is -2.13. The van der Waals surface area contributed by atoms with Gasteiger partial charge in [-0.05, 0) is 31.0 Å². The summed E-state index contributed by atoms with van der Waals surface area (Å²) in [6.45, 7) is 0. The van der Waals surface area contributed by atoms with Crippen LogP contribution in [0.1, 0.15) is 5.56 Å². The fourth-order valence-corrected chi connectivity index (χ4v) is 1.41. The van der Waals surface area contributed by atoms with E-state index in [1.165, 1.54) is 4.47 Å². The lowest BCUT2D eigenvalue weighted by atomic mass is 10.2. The minimum atomic E-state index is 0.685. The molecule has 0 unspecified atom stereocenters. The molecule has 0 bridgehead atoms. The van der Waals surface area contributed by atoms with Crippen LogP contribution in [-0.4, -0.2) is 4.47 Å². The number of hydroxylamine groups is 1. The van der Waals surface area contributed by atoms with Crippen LogP contribution in [0.3, 0.4) is 0 Å². The van der Waals surface area contributed by atoms with Crippen molar-refractivity contribution in [2.45, 2.75) is 0 Å². The van der Waals surface area contributed by atoms with Crippen LogP contribution in [0.4, 0.5) is 0 Å². The van der Waals surface area contributed by atoms with Gasteiger partial charge in [-0.15, -0.1) is 0 Å². The molecule has 0 spiro atoms. The molecule has 1 aliphatic rings. The Bertz CT molecular complexity index is 340. The molecular formula is C8H6ClNOS. The number of hydrogen-bond donors (Lipinski definition) is 1. The third-order valence-corrected chi connectivity index (χ3v) is 2.12. The largest absolute Gasteiger partial charge is 0.369 e. The Morgan fingerprint density at radius 3 is 3.08 bits per heavy atom. The number of hydrogen-bond acceptors (Lipinski definition) is 3. The summed E-state index contributed by atoms with van der Waals surface area (Å²) in [6, 6.07) is 5.50. The first-order chi connectivity index (χ1) is 5.77. The van der Waals surface area contributed by atoms with Gasteiger partial charge in [0.15, 0.2) is 5.75 Å². The second kappa shape index (κ2) is 2.92. The minimum absolute atomic E-state index is 0.685. The molecule has 0 amide bonds. The van der Waals surface area contributed by atoms with Crippen LogP contribution in [0.2, 0.25) is 5.02 Å². The van der Waals surface area contributed by atoms with Gasteiger partial charge in [0.1, 0.15) is 0 Å². The molecule has 0 atom stereocenters. The van der Waals surface area contributed by atoms with E-state index in [0.717, 1.165) is 11.3 Å². The predicted octanol–water partition coefficient (Wildman–Crippen LogP) is 2.76. The molecule has 0 saturated carbocycles. The van der Waals surface area contributed by atoms with Crippen molar-refractivity contribution in [1.82, 2.24) is 4.47 Å². The maximum atomic E-state index is 5.92. The van der Waals surface area contributed by atoms with Gasteiger partial charge in [-0.2, -0.15) is 4.47 Å². The van der Waals surface area contributed by atoms with E-state index in [9.17, 15) is 0 Å². The molecule has 0 radical (unpaired) electrons. The van der Waals surface area contributed by atoms with Gasteiger partial charge >= 0.3 is 0 Å². The standard InChI is InChI=1S/C8H6ClNOS/c9-7-2-1-3-8-6(7)4-5-10(12)11-8/h1-5,12H. The maximum Gasteiger partial charge on any atom is 0.165 e. The Labute approximate surface area is 80.9 Å². The summed E-state index contributed by atoms with van der Waals surface area (Å²) in [5, 5.41) is 0.685. The van der Waals surface area contributed by atoms with Crippen LogP contribution in [0.5, 0.6) is 5.75 Å². The summed E-state index contributed by atoms with van der Waals surface area (Å²) < 4.78 is 1.33. The second-order valence-corrected chi connectivity index (χ2v) is 3.16. The maximum absolute atomic E-state index is 5.92. The van der Waals surface area contributed by atoms with Gasteiger partial charge in [0.05, 0.1) is 11.2 Å². The van der Waals surface area contributed by atoms with Crippen molar-refractivity contribution in [2.75, 3.05) is 0 Å². The quantitative estimate of drug-likeness (QED) is 0.646. The molecule has 0 aliphatic carbocycles. The normalized spacial score (nSPS) is 14.0. The van der Waals surface area contributed by atoms with Gasteiger partial charge in [0, 0.05) is 5.56 Å². The molecule has 1 aliphatic heterocycles. The van der Waals surface area contributed by atoms with Gasteiger partial charge < -0.3 is 4.84 Å². The summed E-state index contributed by atoms with van der Waals surface area (Å²) in [5.41, 5.74) is 0.893. The third-order valence-electron chi connectivity index (χ3n) is 1.57. The minimum Gasteiger partial charge on any atom is -0.369 e.